The molecule has 0 radical (unpaired) electrons. The third-order valence-corrected chi connectivity index (χ3v) is 3.29. The van der Waals surface area contributed by atoms with Crippen molar-refractivity contribution in [1.82, 2.24) is 0 Å². The minimum Gasteiger partial charge on any atom is -0.492 e. The predicted molar refractivity (Wildman–Crippen MR) is 78.3 cm³/mol. The number of halogens is 2. The average molecular weight is 379 g/mol. The molecular weight excluding hydrogens is 366 g/mol. The zero-order valence-electron chi connectivity index (χ0n) is 10.1. The number of benzene rings is 1. The maximum atomic E-state index is 10.8. The Morgan fingerprint density at radius 3 is 2.61 bits per heavy atom. The van der Waals surface area contributed by atoms with E-state index in [0.717, 1.165) is 8.95 Å². The number of nitro groups is 1. The Balaban J connectivity index is 3.33. The molecule has 0 amide bonds. The van der Waals surface area contributed by atoms with Gasteiger partial charge in [-0.1, -0.05) is 22.9 Å². The Labute approximate surface area is 122 Å². The van der Waals surface area contributed by atoms with Crippen molar-refractivity contribution >= 4 is 37.9 Å². The van der Waals surface area contributed by atoms with Crippen LogP contribution in [0.1, 0.15) is 25.8 Å². The highest BCUT2D eigenvalue weighted by atomic mass is 79.9. The highest BCUT2D eigenvalue weighted by Gasteiger charge is 2.13. The minimum absolute atomic E-state index is 0.154. The first-order valence-corrected chi connectivity index (χ1v) is 7.05. The summed E-state index contributed by atoms with van der Waals surface area (Å²) in [6.07, 6.45) is 1.91. The van der Waals surface area contributed by atoms with Gasteiger partial charge in [0.25, 0.3) is 0 Å². The van der Waals surface area contributed by atoms with Crippen LogP contribution < -0.4 is 4.74 Å². The summed E-state index contributed by atoms with van der Waals surface area (Å²) in [4.78, 5) is 10.5. The van der Waals surface area contributed by atoms with E-state index in [1.807, 2.05) is 13.0 Å². The number of hydrogen-bond acceptors (Lipinski definition) is 3. The molecule has 0 aromatic heterocycles. The van der Waals surface area contributed by atoms with E-state index in [9.17, 15) is 10.1 Å². The van der Waals surface area contributed by atoms with E-state index in [2.05, 4.69) is 31.9 Å². The molecule has 0 atom stereocenters. The molecule has 18 heavy (non-hydrogen) atoms. The molecule has 1 aromatic rings. The first-order chi connectivity index (χ1) is 8.49. The van der Waals surface area contributed by atoms with Crippen molar-refractivity contribution in [2.45, 2.75) is 20.3 Å². The fourth-order valence-corrected chi connectivity index (χ4v) is 2.82. The average Bonchev–Trinajstić information content (AvgIpc) is 2.29. The van der Waals surface area contributed by atoms with Crippen molar-refractivity contribution in [1.29, 1.82) is 0 Å². The van der Waals surface area contributed by atoms with E-state index in [1.54, 1.807) is 19.1 Å². The number of nitrogens with zero attached hydrogens (tertiary/aromatic N) is 1. The predicted octanol–water partition coefficient (Wildman–Crippen LogP) is 4.64. The number of allylic oxidation sites excluding steroid dienone is 1. The topological polar surface area (TPSA) is 52.4 Å². The summed E-state index contributed by atoms with van der Waals surface area (Å²) in [5.74, 6) is 0.619. The lowest BCUT2D eigenvalue weighted by molar-refractivity contribution is -0.425. The lowest BCUT2D eigenvalue weighted by atomic mass is 10.1. The number of rotatable bonds is 5. The monoisotopic (exact) mass is 377 g/mol. The fraction of sp³-hybridized carbons (Fsp3) is 0.333. The van der Waals surface area contributed by atoms with Crippen molar-refractivity contribution in [2.24, 2.45) is 0 Å². The summed E-state index contributed by atoms with van der Waals surface area (Å²) < 4.78 is 7.12. The van der Waals surface area contributed by atoms with E-state index < -0.39 is 0 Å². The molecule has 0 bridgehead atoms. The first-order valence-electron chi connectivity index (χ1n) is 5.46. The van der Waals surface area contributed by atoms with Crippen LogP contribution in [0.15, 0.2) is 26.8 Å². The van der Waals surface area contributed by atoms with Gasteiger partial charge in [0, 0.05) is 22.5 Å². The van der Waals surface area contributed by atoms with Crippen LogP contribution >= 0.6 is 31.9 Å². The van der Waals surface area contributed by atoms with Gasteiger partial charge in [-0.25, -0.2) is 0 Å². The smallest absolute Gasteiger partial charge is 0.246 e. The van der Waals surface area contributed by atoms with Crippen LogP contribution in [-0.2, 0) is 0 Å². The standard InChI is InChI=1S/C12H13Br2NO3/c1-3-10(15(16)17)6-8-5-9(13)7-11(14)12(8)18-4-2/h5-7H,3-4H2,1-2H3. The quantitative estimate of drug-likeness (QED) is 0.554. The van der Waals surface area contributed by atoms with Gasteiger partial charge in [-0.05, 0) is 35.0 Å². The van der Waals surface area contributed by atoms with Gasteiger partial charge >= 0.3 is 0 Å². The van der Waals surface area contributed by atoms with Gasteiger partial charge in [0.15, 0.2) is 0 Å². The van der Waals surface area contributed by atoms with Crippen molar-refractivity contribution in [3.8, 4) is 5.75 Å². The molecule has 0 saturated heterocycles. The summed E-state index contributed by atoms with van der Waals surface area (Å²) in [6, 6.07) is 3.65. The zero-order chi connectivity index (χ0) is 13.7. The van der Waals surface area contributed by atoms with E-state index in [-0.39, 0.29) is 10.6 Å². The van der Waals surface area contributed by atoms with E-state index in [1.165, 1.54) is 0 Å². The zero-order valence-corrected chi connectivity index (χ0v) is 13.2. The molecule has 0 aliphatic heterocycles. The second kappa shape index (κ2) is 6.89. The van der Waals surface area contributed by atoms with Crippen LogP contribution in [0.4, 0.5) is 0 Å². The largest absolute Gasteiger partial charge is 0.492 e. The number of hydrogen-bond donors (Lipinski definition) is 0. The molecule has 6 heteroatoms. The van der Waals surface area contributed by atoms with Gasteiger partial charge in [0.1, 0.15) is 5.75 Å². The lowest BCUT2D eigenvalue weighted by Crippen LogP contribution is -1.99. The van der Waals surface area contributed by atoms with Crippen LogP contribution in [0, 0.1) is 10.1 Å². The lowest BCUT2D eigenvalue weighted by Gasteiger charge is -2.10. The molecule has 0 aliphatic carbocycles. The highest BCUT2D eigenvalue weighted by molar-refractivity contribution is 9.11. The van der Waals surface area contributed by atoms with Crippen LogP contribution in [0.2, 0.25) is 0 Å². The summed E-state index contributed by atoms with van der Waals surface area (Å²) in [5.41, 5.74) is 0.840. The van der Waals surface area contributed by atoms with Crippen molar-refractivity contribution in [2.75, 3.05) is 6.61 Å². The van der Waals surface area contributed by atoms with Gasteiger partial charge in [0.05, 0.1) is 16.0 Å². The van der Waals surface area contributed by atoms with Gasteiger partial charge in [-0.15, -0.1) is 0 Å². The second-order valence-electron chi connectivity index (χ2n) is 3.49. The molecule has 0 heterocycles. The molecule has 1 rings (SSSR count). The molecule has 0 N–H and O–H groups in total. The Morgan fingerprint density at radius 2 is 2.11 bits per heavy atom. The Bertz CT molecular complexity index is 486. The fourth-order valence-electron chi connectivity index (χ4n) is 1.45. The molecule has 1 aromatic carbocycles. The van der Waals surface area contributed by atoms with Gasteiger partial charge in [-0.3, -0.25) is 10.1 Å². The Kier molecular flexibility index (Phi) is 5.81. The third kappa shape index (κ3) is 3.81. The van der Waals surface area contributed by atoms with Gasteiger partial charge in [-0.2, -0.15) is 0 Å². The van der Waals surface area contributed by atoms with Crippen LogP contribution in [0.5, 0.6) is 5.75 Å². The molecule has 0 fully saturated rings. The number of ether oxygens (including phenoxy) is 1. The summed E-state index contributed by atoms with van der Waals surface area (Å²) >= 11 is 6.76. The second-order valence-corrected chi connectivity index (χ2v) is 5.26. The van der Waals surface area contributed by atoms with Crippen LogP contribution in [0.25, 0.3) is 6.08 Å². The molecule has 4 nitrogen and oxygen atoms in total. The van der Waals surface area contributed by atoms with E-state index in [4.69, 9.17) is 4.74 Å². The molecule has 0 unspecified atom stereocenters. The summed E-state index contributed by atoms with van der Waals surface area (Å²) in [5, 5.41) is 10.8. The third-order valence-electron chi connectivity index (χ3n) is 2.24. The van der Waals surface area contributed by atoms with Gasteiger partial charge in [0.2, 0.25) is 5.70 Å². The molecule has 98 valence electrons. The SMILES string of the molecule is CCOc1c(Br)cc(Br)cc1C=C(CC)[N+](=O)[O-]. The maximum absolute atomic E-state index is 10.8. The molecule has 0 saturated carbocycles. The maximum Gasteiger partial charge on any atom is 0.246 e. The summed E-state index contributed by atoms with van der Waals surface area (Å²) in [6.45, 7) is 4.12. The Hall–Kier alpha value is -0.880. The normalized spacial score (nSPS) is 11.4. The van der Waals surface area contributed by atoms with Crippen molar-refractivity contribution < 1.29 is 9.66 Å². The van der Waals surface area contributed by atoms with E-state index >= 15 is 0 Å². The highest BCUT2D eigenvalue weighted by Crippen LogP contribution is 2.34. The molecule has 0 spiro atoms. The summed E-state index contributed by atoms with van der Waals surface area (Å²) in [7, 11) is 0. The Morgan fingerprint density at radius 1 is 1.44 bits per heavy atom. The van der Waals surface area contributed by atoms with Crippen molar-refractivity contribution in [3.63, 3.8) is 0 Å². The molecule has 0 aliphatic rings. The first kappa shape index (κ1) is 15.2. The minimum atomic E-state index is -0.371. The van der Waals surface area contributed by atoms with Crippen LogP contribution in [0.3, 0.4) is 0 Å². The van der Waals surface area contributed by atoms with Gasteiger partial charge < -0.3 is 4.74 Å². The molecular formula is C12H13Br2NO3. The van der Waals surface area contributed by atoms with E-state index in [0.29, 0.717) is 24.3 Å². The van der Waals surface area contributed by atoms with Crippen molar-refractivity contribution in [3.05, 3.63) is 42.5 Å². The van der Waals surface area contributed by atoms with Crippen LogP contribution in [-0.4, -0.2) is 11.5 Å².